The third kappa shape index (κ3) is 2.65. The summed E-state index contributed by atoms with van der Waals surface area (Å²) in [5.41, 5.74) is 4.26. The second-order valence-electron chi connectivity index (χ2n) is 4.35. The van der Waals surface area contributed by atoms with E-state index in [9.17, 15) is 0 Å². The number of hydrogen-bond donors (Lipinski definition) is 1. The van der Waals surface area contributed by atoms with Crippen molar-refractivity contribution in [3.8, 4) is 22.6 Å². The molecule has 0 aromatic heterocycles. The van der Waals surface area contributed by atoms with Crippen LogP contribution in [0.25, 0.3) is 11.1 Å². The second kappa shape index (κ2) is 5.65. The molecule has 0 amide bonds. The van der Waals surface area contributed by atoms with E-state index in [0.29, 0.717) is 0 Å². The van der Waals surface area contributed by atoms with Crippen LogP contribution in [-0.2, 0) is 0 Å². The number of hydrogen-bond acceptors (Lipinski definition) is 3. The summed E-state index contributed by atoms with van der Waals surface area (Å²) in [4.78, 5) is 0. The van der Waals surface area contributed by atoms with Crippen LogP contribution in [0.2, 0.25) is 0 Å². The van der Waals surface area contributed by atoms with Crippen LogP contribution >= 0.6 is 0 Å². The van der Waals surface area contributed by atoms with E-state index in [1.54, 1.807) is 14.2 Å². The molecule has 19 heavy (non-hydrogen) atoms. The van der Waals surface area contributed by atoms with Crippen molar-refractivity contribution >= 4 is 5.69 Å². The Morgan fingerprint density at radius 2 is 1.68 bits per heavy atom. The molecule has 0 atom stereocenters. The summed E-state index contributed by atoms with van der Waals surface area (Å²) in [6.07, 6.45) is 0. The predicted octanol–water partition coefficient (Wildman–Crippen LogP) is 3.72. The SMILES string of the molecule is CNc1cccc(-c2cc(OC)c(C)cc2OC)c1. The van der Waals surface area contributed by atoms with Gasteiger partial charge in [0.15, 0.2) is 0 Å². The molecule has 0 unspecified atom stereocenters. The van der Waals surface area contributed by atoms with Gasteiger partial charge in [0, 0.05) is 18.3 Å². The Balaban J connectivity index is 2.58. The van der Waals surface area contributed by atoms with Crippen LogP contribution in [0.1, 0.15) is 5.56 Å². The van der Waals surface area contributed by atoms with Gasteiger partial charge >= 0.3 is 0 Å². The lowest BCUT2D eigenvalue weighted by Gasteiger charge is -2.14. The van der Waals surface area contributed by atoms with E-state index in [1.165, 1.54) is 0 Å². The van der Waals surface area contributed by atoms with Crippen LogP contribution < -0.4 is 14.8 Å². The molecule has 0 aliphatic carbocycles. The van der Waals surface area contributed by atoms with Gasteiger partial charge in [0.1, 0.15) is 11.5 Å². The molecule has 2 aromatic rings. The molecule has 0 saturated carbocycles. The first kappa shape index (κ1) is 13.3. The third-order valence-corrected chi connectivity index (χ3v) is 3.18. The highest BCUT2D eigenvalue weighted by Gasteiger charge is 2.10. The first-order chi connectivity index (χ1) is 9.19. The van der Waals surface area contributed by atoms with Crippen LogP contribution in [0, 0.1) is 6.92 Å². The summed E-state index contributed by atoms with van der Waals surface area (Å²) in [5, 5.41) is 3.14. The molecule has 0 fully saturated rings. The van der Waals surface area contributed by atoms with Crippen LogP contribution in [0.5, 0.6) is 11.5 Å². The Kier molecular flexibility index (Phi) is 3.95. The van der Waals surface area contributed by atoms with Crippen molar-refractivity contribution in [2.45, 2.75) is 6.92 Å². The van der Waals surface area contributed by atoms with Gasteiger partial charge in [0.05, 0.1) is 14.2 Å². The Labute approximate surface area is 114 Å². The maximum atomic E-state index is 5.48. The van der Waals surface area contributed by atoms with E-state index < -0.39 is 0 Å². The van der Waals surface area contributed by atoms with E-state index in [2.05, 4.69) is 17.4 Å². The fraction of sp³-hybridized carbons (Fsp3) is 0.250. The third-order valence-electron chi connectivity index (χ3n) is 3.18. The smallest absolute Gasteiger partial charge is 0.127 e. The molecule has 2 rings (SSSR count). The highest BCUT2D eigenvalue weighted by molar-refractivity contribution is 5.75. The first-order valence-corrected chi connectivity index (χ1v) is 6.20. The van der Waals surface area contributed by atoms with Crippen LogP contribution in [-0.4, -0.2) is 21.3 Å². The molecular formula is C16H19NO2. The van der Waals surface area contributed by atoms with E-state index in [1.807, 2.05) is 38.2 Å². The zero-order chi connectivity index (χ0) is 13.8. The normalized spacial score (nSPS) is 10.1. The largest absolute Gasteiger partial charge is 0.496 e. The number of nitrogens with one attached hydrogen (secondary N) is 1. The lowest BCUT2D eigenvalue weighted by Crippen LogP contribution is -1.94. The Morgan fingerprint density at radius 1 is 0.947 bits per heavy atom. The van der Waals surface area contributed by atoms with Gasteiger partial charge in [0.2, 0.25) is 0 Å². The Bertz CT molecular complexity index is 579. The summed E-state index contributed by atoms with van der Waals surface area (Å²) in [6.45, 7) is 2.01. The van der Waals surface area contributed by atoms with Crippen molar-refractivity contribution in [1.82, 2.24) is 0 Å². The van der Waals surface area contributed by atoms with E-state index in [0.717, 1.165) is 33.9 Å². The van der Waals surface area contributed by atoms with Gasteiger partial charge in [-0.2, -0.15) is 0 Å². The fourth-order valence-corrected chi connectivity index (χ4v) is 2.12. The van der Waals surface area contributed by atoms with Gasteiger partial charge in [-0.05, 0) is 42.3 Å². The minimum Gasteiger partial charge on any atom is -0.496 e. The van der Waals surface area contributed by atoms with Gasteiger partial charge in [-0.25, -0.2) is 0 Å². The molecular weight excluding hydrogens is 238 g/mol. The number of ether oxygens (including phenoxy) is 2. The maximum absolute atomic E-state index is 5.48. The molecule has 0 radical (unpaired) electrons. The molecule has 100 valence electrons. The average Bonchev–Trinajstić information content (AvgIpc) is 2.46. The van der Waals surface area contributed by atoms with Crippen molar-refractivity contribution in [2.24, 2.45) is 0 Å². The van der Waals surface area contributed by atoms with Gasteiger partial charge in [-0.3, -0.25) is 0 Å². The molecule has 1 N–H and O–H groups in total. The first-order valence-electron chi connectivity index (χ1n) is 6.20. The molecule has 3 heteroatoms. The van der Waals surface area contributed by atoms with E-state index in [4.69, 9.17) is 9.47 Å². The summed E-state index contributed by atoms with van der Waals surface area (Å²) >= 11 is 0. The summed E-state index contributed by atoms with van der Waals surface area (Å²) in [7, 11) is 5.28. The molecule has 0 bridgehead atoms. The summed E-state index contributed by atoms with van der Waals surface area (Å²) in [5.74, 6) is 1.72. The minimum absolute atomic E-state index is 0.853. The number of methoxy groups -OCH3 is 2. The lowest BCUT2D eigenvalue weighted by molar-refractivity contribution is 0.402. The minimum atomic E-state index is 0.853. The van der Waals surface area contributed by atoms with Gasteiger partial charge < -0.3 is 14.8 Å². The van der Waals surface area contributed by atoms with Crippen molar-refractivity contribution in [3.63, 3.8) is 0 Å². The van der Waals surface area contributed by atoms with Crippen molar-refractivity contribution in [1.29, 1.82) is 0 Å². The van der Waals surface area contributed by atoms with Crippen molar-refractivity contribution in [3.05, 3.63) is 42.0 Å². The molecule has 0 aliphatic rings. The molecule has 2 aromatic carbocycles. The number of anilines is 1. The summed E-state index contributed by atoms with van der Waals surface area (Å²) < 4.78 is 10.9. The molecule has 0 saturated heterocycles. The van der Waals surface area contributed by atoms with Gasteiger partial charge in [-0.15, -0.1) is 0 Å². The maximum Gasteiger partial charge on any atom is 0.127 e. The van der Waals surface area contributed by atoms with Crippen LogP contribution in [0.15, 0.2) is 36.4 Å². The van der Waals surface area contributed by atoms with E-state index >= 15 is 0 Å². The lowest BCUT2D eigenvalue weighted by atomic mass is 10.0. The highest BCUT2D eigenvalue weighted by atomic mass is 16.5. The predicted molar refractivity (Wildman–Crippen MR) is 79.3 cm³/mol. The number of benzene rings is 2. The highest BCUT2D eigenvalue weighted by Crippen LogP contribution is 2.36. The number of aryl methyl sites for hydroxylation is 1. The topological polar surface area (TPSA) is 30.5 Å². The van der Waals surface area contributed by atoms with Gasteiger partial charge in [-0.1, -0.05) is 12.1 Å². The monoisotopic (exact) mass is 257 g/mol. The van der Waals surface area contributed by atoms with Crippen molar-refractivity contribution < 1.29 is 9.47 Å². The Morgan fingerprint density at radius 3 is 2.32 bits per heavy atom. The molecule has 0 heterocycles. The van der Waals surface area contributed by atoms with E-state index in [-0.39, 0.29) is 0 Å². The summed E-state index contributed by atoms with van der Waals surface area (Å²) in [6, 6.07) is 12.2. The Hall–Kier alpha value is -2.16. The van der Waals surface area contributed by atoms with Gasteiger partial charge in [0.25, 0.3) is 0 Å². The standard InChI is InChI=1S/C16H19NO2/c1-11-8-16(19-4)14(10-15(11)18-3)12-6-5-7-13(9-12)17-2/h5-10,17H,1-4H3. The number of rotatable bonds is 4. The van der Waals surface area contributed by atoms with Crippen LogP contribution in [0.4, 0.5) is 5.69 Å². The zero-order valence-corrected chi connectivity index (χ0v) is 11.8. The zero-order valence-electron chi connectivity index (χ0n) is 11.8. The average molecular weight is 257 g/mol. The molecule has 0 spiro atoms. The van der Waals surface area contributed by atoms with Crippen molar-refractivity contribution in [2.75, 3.05) is 26.6 Å². The van der Waals surface area contributed by atoms with Crippen LogP contribution in [0.3, 0.4) is 0 Å². The molecule has 0 aliphatic heterocycles. The molecule has 3 nitrogen and oxygen atoms in total. The fourth-order valence-electron chi connectivity index (χ4n) is 2.12. The second-order valence-corrected chi connectivity index (χ2v) is 4.35. The quantitative estimate of drug-likeness (QED) is 0.905.